The smallest absolute Gasteiger partial charge is 0.308 e. The number of imide groups is 1. The van der Waals surface area contributed by atoms with Crippen molar-refractivity contribution in [3.05, 3.63) is 66.2 Å². The fourth-order valence-electron chi connectivity index (χ4n) is 3.10. The SMILES string of the molecule is O=C(CN1CCN(S(=O)(=O)Cc2ccccc2)CC1)NC(=O)Nc1ccccc1. The van der Waals surface area contributed by atoms with Crippen LogP contribution in [0.2, 0.25) is 0 Å². The molecule has 2 aromatic rings. The van der Waals surface area contributed by atoms with Crippen molar-refractivity contribution in [1.82, 2.24) is 14.5 Å². The van der Waals surface area contributed by atoms with Crippen LogP contribution in [-0.2, 0) is 20.6 Å². The number of rotatable bonds is 6. The average Bonchev–Trinajstić information content (AvgIpc) is 2.69. The Bertz CT molecular complexity index is 927. The molecule has 8 nitrogen and oxygen atoms in total. The van der Waals surface area contributed by atoms with Crippen LogP contribution in [-0.4, -0.2) is 62.3 Å². The van der Waals surface area contributed by atoms with Crippen molar-refractivity contribution in [3.63, 3.8) is 0 Å². The number of carbonyl (C=O) groups is 2. The number of hydrogen-bond donors (Lipinski definition) is 2. The van der Waals surface area contributed by atoms with Gasteiger partial charge in [0.25, 0.3) is 0 Å². The highest BCUT2D eigenvalue weighted by molar-refractivity contribution is 7.88. The number of piperazine rings is 1. The van der Waals surface area contributed by atoms with Crippen LogP contribution in [0.1, 0.15) is 5.56 Å². The second-order valence-electron chi connectivity index (χ2n) is 6.79. The van der Waals surface area contributed by atoms with Gasteiger partial charge in [-0.2, -0.15) is 4.31 Å². The normalized spacial score (nSPS) is 15.6. The summed E-state index contributed by atoms with van der Waals surface area (Å²) in [5, 5.41) is 4.87. The number of amides is 3. The third-order valence-electron chi connectivity index (χ3n) is 4.57. The summed E-state index contributed by atoms with van der Waals surface area (Å²) in [6, 6.07) is 17.3. The Hall–Kier alpha value is -2.75. The molecule has 3 rings (SSSR count). The van der Waals surface area contributed by atoms with E-state index >= 15 is 0 Å². The lowest BCUT2D eigenvalue weighted by atomic mass is 10.2. The van der Waals surface area contributed by atoms with Gasteiger partial charge in [0, 0.05) is 31.9 Å². The summed E-state index contributed by atoms with van der Waals surface area (Å²) in [7, 11) is -3.40. The second-order valence-corrected chi connectivity index (χ2v) is 8.75. The standard InChI is InChI=1S/C20H24N4O4S/c25-19(22-20(26)21-18-9-5-2-6-10-18)15-23-11-13-24(14-12-23)29(27,28)16-17-7-3-1-4-8-17/h1-10H,11-16H2,(H2,21,22,25,26). The predicted molar refractivity (Wildman–Crippen MR) is 111 cm³/mol. The molecular formula is C20H24N4O4S. The first-order valence-corrected chi connectivity index (χ1v) is 10.9. The van der Waals surface area contributed by atoms with Crippen LogP contribution in [0, 0.1) is 0 Å². The van der Waals surface area contributed by atoms with Crippen molar-refractivity contribution in [3.8, 4) is 0 Å². The van der Waals surface area contributed by atoms with Crippen LogP contribution < -0.4 is 10.6 Å². The van der Waals surface area contributed by atoms with E-state index in [0.717, 1.165) is 5.56 Å². The quantitative estimate of drug-likeness (QED) is 0.743. The highest BCUT2D eigenvalue weighted by Gasteiger charge is 2.28. The number of anilines is 1. The summed E-state index contributed by atoms with van der Waals surface area (Å²) in [6.45, 7) is 1.54. The van der Waals surface area contributed by atoms with E-state index in [1.165, 1.54) is 4.31 Å². The molecule has 2 N–H and O–H groups in total. The minimum absolute atomic E-state index is 0.0337. The van der Waals surface area contributed by atoms with Crippen molar-refractivity contribution in [2.24, 2.45) is 0 Å². The first-order valence-electron chi connectivity index (χ1n) is 9.32. The lowest BCUT2D eigenvalue weighted by Crippen LogP contribution is -2.51. The van der Waals surface area contributed by atoms with Crippen molar-refractivity contribution < 1.29 is 18.0 Å². The maximum absolute atomic E-state index is 12.6. The third kappa shape index (κ3) is 6.38. The van der Waals surface area contributed by atoms with Crippen LogP contribution in [0.5, 0.6) is 0 Å². The van der Waals surface area contributed by atoms with E-state index in [9.17, 15) is 18.0 Å². The molecule has 1 fully saturated rings. The zero-order chi connectivity index (χ0) is 20.7. The van der Waals surface area contributed by atoms with E-state index in [0.29, 0.717) is 31.9 Å². The zero-order valence-electron chi connectivity index (χ0n) is 16.0. The van der Waals surface area contributed by atoms with Gasteiger partial charge >= 0.3 is 6.03 Å². The summed E-state index contributed by atoms with van der Waals surface area (Å²) in [5.41, 5.74) is 1.34. The second kappa shape index (κ2) is 9.64. The minimum atomic E-state index is -3.40. The van der Waals surface area contributed by atoms with Crippen molar-refractivity contribution >= 4 is 27.6 Å². The Morgan fingerprint density at radius 2 is 1.45 bits per heavy atom. The van der Waals surface area contributed by atoms with Crippen LogP contribution >= 0.6 is 0 Å². The Morgan fingerprint density at radius 3 is 2.07 bits per heavy atom. The Labute approximate surface area is 170 Å². The molecule has 0 spiro atoms. The molecule has 0 saturated carbocycles. The summed E-state index contributed by atoms with van der Waals surface area (Å²) in [6.07, 6.45) is 0. The topological polar surface area (TPSA) is 98.8 Å². The van der Waals surface area contributed by atoms with Gasteiger partial charge in [0.05, 0.1) is 12.3 Å². The third-order valence-corrected chi connectivity index (χ3v) is 6.42. The molecule has 2 aromatic carbocycles. The van der Waals surface area contributed by atoms with Gasteiger partial charge in [0.2, 0.25) is 15.9 Å². The molecule has 29 heavy (non-hydrogen) atoms. The summed E-state index contributed by atoms with van der Waals surface area (Å²) >= 11 is 0. The monoisotopic (exact) mass is 416 g/mol. The number of hydrogen-bond acceptors (Lipinski definition) is 5. The molecule has 1 aliphatic heterocycles. The van der Waals surface area contributed by atoms with E-state index in [2.05, 4.69) is 10.6 Å². The van der Waals surface area contributed by atoms with Gasteiger partial charge in [-0.05, 0) is 17.7 Å². The summed E-state index contributed by atoms with van der Waals surface area (Å²) in [4.78, 5) is 25.8. The van der Waals surface area contributed by atoms with Gasteiger partial charge in [-0.3, -0.25) is 15.0 Å². The van der Waals surface area contributed by atoms with Crippen LogP contribution in [0.4, 0.5) is 10.5 Å². The van der Waals surface area contributed by atoms with Gasteiger partial charge in [-0.25, -0.2) is 13.2 Å². The number of carbonyl (C=O) groups excluding carboxylic acids is 2. The molecule has 0 atom stereocenters. The molecule has 154 valence electrons. The molecule has 9 heteroatoms. The maximum Gasteiger partial charge on any atom is 0.325 e. The lowest BCUT2D eigenvalue weighted by Gasteiger charge is -2.33. The lowest BCUT2D eigenvalue weighted by molar-refractivity contribution is -0.121. The van der Waals surface area contributed by atoms with E-state index in [-0.39, 0.29) is 12.3 Å². The number of nitrogens with zero attached hydrogens (tertiary/aromatic N) is 2. The molecule has 0 aromatic heterocycles. The number of benzene rings is 2. The highest BCUT2D eigenvalue weighted by Crippen LogP contribution is 2.13. The number of sulfonamides is 1. The molecule has 1 saturated heterocycles. The average molecular weight is 417 g/mol. The summed E-state index contributed by atoms with van der Waals surface area (Å²) < 4.78 is 26.6. The Balaban J connectivity index is 1.43. The highest BCUT2D eigenvalue weighted by atomic mass is 32.2. The predicted octanol–water partition coefficient (Wildman–Crippen LogP) is 1.48. The molecule has 0 radical (unpaired) electrons. The minimum Gasteiger partial charge on any atom is -0.308 e. The molecule has 1 aliphatic rings. The number of para-hydroxylation sites is 1. The van der Waals surface area contributed by atoms with Gasteiger partial charge in [0.15, 0.2) is 0 Å². The van der Waals surface area contributed by atoms with Crippen molar-refractivity contribution in [2.45, 2.75) is 5.75 Å². The van der Waals surface area contributed by atoms with Crippen molar-refractivity contribution in [1.29, 1.82) is 0 Å². The van der Waals surface area contributed by atoms with E-state index in [1.807, 2.05) is 29.2 Å². The van der Waals surface area contributed by atoms with E-state index in [4.69, 9.17) is 0 Å². The molecule has 1 heterocycles. The van der Waals surface area contributed by atoms with Gasteiger partial charge in [-0.15, -0.1) is 0 Å². The van der Waals surface area contributed by atoms with E-state index in [1.54, 1.807) is 36.4 Å². The first-order chi connectivity index (χ1) is 13.9. The largest absolute Gasteiger partial charge is 0.325 e. The number of nitrogens with one attached hydrogen (secondary N) is 2. The fourth-order valence-corrected chi connectivity index (χ4v) is 4.61. The van der Waals surface area contributed by atoms with Gasteiger partial charge in [0.1, 0.15) is 0 Å². The zero-order valence-corrected chi connectivity index (χ0v) is 16.8. The number of urea groups is 1. The first kappa shape index (κ1) is 21.0. The maximum atomic E-state index is 12.6. The summed E-state index contributed by atoms with van der Waals surface area (Å²) in [5.74, 6) is -0.465. The van der Waals surface area contributed by atoms with Gasteiger partial charge in [-0.1, -0.05) is 48.5 Å². The Kier molecular flexibility index (Phi) is 6.97. The van der Waals surface area contributed by atoms with Gasteiger partial charge < -0.3 is 5.32 Å². The van der Waals surface area contributed by atoms with Crippen LogP contribution in [0.15, 0.2) is 60.7 Å². The van der Waals surface area contributed by atoms with Crippen molar-refractivity contribution in [2.75, 3.05) is 38.0 Å². The Morgan fingerprint density at radius 1 is 0.862 bits per heavy atom. The fraction of sp³-hybridized carbons (Fsp3) is 0.300. The van der Waals surface area contributed by atoms with Crippen LogP contribution in [0.25, 0.3) is 0 Å². The molecule has 0 bridgehead atoms. The molecular weight excluding hydrogens is 392 g/mol. The molecule has 0 unspecified atom stereocenters. The van der Waals surface area contributed by atoms with E-state index < -0.39 is 22.0 Å². The molecule has 3 amide bonds. The molecule has 0 aliphatic carbocycles. The van der Waals surface area contributed by atoms with Crippen LogP contribution in [0.3, 0.4) is 0 Å².